The van der Waals surface area contributed by atoms with E-state index in [1.807, 2.05) is 20.8 Å². The molecular formula is C14H29IN4O2. The van der Waals surface area contributed by atoms with Crippen LogP contribution in [0.25, 0.3) is 0 Å². The Labute approximate surface area is 145 Å². The highest BCUT2D eigenvalue weighted by molar-refractivity contribution is 14.0. The van der Waals surface area contributed by atoms with Gasteiger partial charge in [-0.25, -0.2) is 4.79 Å². The quantitative estimate of drug-likeness (QED) is 0.322. The van der Waals surface area contributed by atoms with Crippen LogP contribution < -0.4 is 10.6 Å². The minimum atomic E-state index is -0.460. The number of hydrogen-bond acceptors (Lipinski definition) is 3. The van der Waals surface area contributed by atoms with Crippen molar-refractivity contribution >= 4 is 36.0 Å². The molecule has 1 heterocycles. The van der Waals surface area contributed by atoms with Gasteiger partial charge in [0.2, 0.25) is 0 Å². The lowest BCUT2D eigenvalue weighted by atomic mass is 10.2. The number of rotatable bonds is 4. The smallest absolute Gasteiger partial charge is 0.407 e. The third kappa shape index (κ3) is 9.00. The Kier molecular flexibility index (Phi) is 9.72. The molecule has 0 bridgehead atoms. The minimum absolute atomic E-state index is 0. The van der Waals surface area contributed by atoms with Crippen LogP contribution in [-0.4, -0.2) is 55.3 Å². The van der Waals surface area contributed by atoms with E-state index in [1.54, 1.807) is 0 Å². The largest absolute Gasteiger partial charge is 0.444 e. The van der Waals surface area contributed by atoms with Crippen molar-refractivity contribution < 1.29 is 9.53 Å². The van der Waals surface area contributed by atoms with Crippen LogP contribution in [0.2, 0.25) is 0 Å². The molecule has 1 aliphatic heterocycles. The van der Waals surface area contributed by atoms with Gasteiger partial charge in [-0.3, -0.25) is 4.99 Å². The molecule has 0 spiro atoms. The number of guanidine groups is 1. The summed E-state index contributed by atoms with van der Waals surface area (Å²) in [4.78, 5) is 18.3. The molecule has 0 saturated carbocycles. The summed E-state index contributed by atoms with van der Waals surface area (Å²) in [7, 11) is 0. The lowest BCUT2D eigenvalue weighted by Crippen LogP contribution is -2.40. The van der Waals surface area contributed by atoms with E-state index in [0.717, 1.165) is 25.6 Å². The third-order valence-corrected chi connectivity index (χ3v) is 2.78. The SMILES string of the molecule is CCNC(=NCCNC(=O)OC(C)(C)C)N1CCCC1.I. The first-order valence-electron chi connectivity index (χ1n) is 7.42. The summed E-state index contributed by atoms with van der Waals surface area (Å²) in [5.41, 5.74) is -0.460. The van der Waals surface area contributed by atoms with Crippen molar-refractivity contribution in [3.05, 3.63) is 0 Å². The average Bonchev–Trinajstić information content (AvgIpc) is 2.84. The second kappa shape index (κ2) is 10.1. The van der Waals surface area contributed by atoms with Gasteiger partial charge in [-0.15, -0.1) is 24.0 Å². The maximum absolute atomic E-state index is 11.5. The van der Waals surface area contributed by atoms with E-state index in [4.69, 9.17) is 4.74 Å². The van der Waals surface area contributed by atoms with Crippen molar-refractivity contribution in [2.24, 2.45) is 4.99 Å². The van der Waals surface area contributed by atoms with Crippen LogP contribution in [0.4, 0.5) is 4.79 Å². The number of nitrogens with zero attached hydrogens (tertiary/aromatic N) is 2. The summed E-state index contributed by atoms with van der Waals surface area (Å²) < 4.78 is 5.17. The number of halogens is 1. The molecule has 2 N–H and O–H groups in total. The fourth-order valence-corrected chi connectivity index (χ4v) is 1.99. The van der Waals surface area contributed by atoms with Crippen molar-refractivity contribution in [1.82, 2.24) is 15.5 Å². The number of carbonyl (C=O) groups excluding carboxylic acids is 1. The van der Waals surface area contributed by atoms with Gasteiger partial charge < -0.3 is 20.3 Å². The summed E-state index contributed by atoms with van der Waals surface area (Å²) in [6.07, 6.45) is 2.06. The molecule has 124 valence electrons. The van der Waals surface area contributed by atoms with E-state index in [1.165, 1.54) is 12.8 Å². The molecule has 6 nitrogen and oxygen atoms in total. The molecule has 0 aliphatic carbocycles. The molecule has 1 saturated heterocycles. The van der Waals surface area contributed by atoms with Gasteiger partial charge in [-0.05, 0) is 40.5 Å². The van der Waals surface area contributed by atoms with Gasteiger partial charge in [-0.1, -0.05) is 0 Å². The molecule has 0 unspecified atom stereocenters. The van der Waals surface area contributed by atoms with Crippen molar-refractivity contribution in [3.8, 4) is 0 Å². The van der Waals surface area contributed by atoms with E-state index in [9.17, 15) is 4.79 Å². The normalized spacial score (nSPS) is 15.4. The van der Waals surface area contributed by atoms with Gasteiger partial charge in [0.05, 0.1) is 6.54 Å². The van der Waals surface area contributed by atoms with Crippen molar-refractivity contribution in [3.63, 3.8) is 0 Å². The molecule has 0 aromatic carbocycles. The van der Waals surface area contributed by atoms with Gasteiger partial charge in [0.1, 0.15) is 5.60 Å². The maximum Gasteiger partial charge on any atom is 0.407 e. The topological polar surface area (TPSA) is 66.0 Å². The number of aliphatic imine (C=N–C) groups is 1. The second-order valence-corrected chi connectivity index (χ2v) is 5.86. The van der Waals surface area contributed by atoms with Gasteiger partial charge in [0.15, 0.2) is 5.96 Å². The lowest BCUT2D eigenvalue weighted by Gasteiger charge is -2.21. The fraction of sp³-hybridized carbons (Fsp3) is 0.857. The lowest BCUT2D eigenvalue weighted by molar-refractivity contribution is 0.0529. The molecule has 1 rings (SSSR count). The van der Waals surface area contributed by atoms with Crippen molar-refractivity contribution in [2.45, 2.75) is 46.1 Å². The van der Waals surface area contributed by atoms with Crippen LogP contribution in [0, 0.1) is 0 Å². The molecule has 0 aromatic rings. The summed E-state index contributed by atoms with van der Waals surface area (Å²) in [5, 5.41) is 6.00. The zero-order valence-corrected chi connectivity index (χ0v) is 15.9. The molecule has 21 heavy (non-hydrogen) atoms. The highest BCUT2D eigenvalue weighted by Crippen LogP contribution is 2.07. The van der Waals surface area contributed by atoms with Crippen LogP contribution in [0.3, 0.4) is 0 Å². The first kappa shape index (κ1) is 20.3. The predicted molar refractivity (Wildman–Crippen MR) is 96.4 cm³/mol. The van der Waals surface area contributed by atoms with Crippen LogP contribution in [0.15, 0.2) is 4.99 Å². The molecule has 1 fully saturated rings. The molecular weight excluding hydrogens is 383 g/mol. The molecule has 1 aliphatic rings. The monoisotopic (exact) mass is 412 g/mol. The zero-order chi connectivity index (χ0) is 15.0. The molecule has 0 radical (unpaired) electrons. The first-order valence-corrected chi connectivity index (χ1v) is 7.42. The first-order chi connectivity index (χ1) is 9.42. The fourth-order valence-electron chi connectivity index (χ4n) is 1.99. The Bertz CT molecular complexity index is 336. The van der Waals surface area contributed by atoms with E-state index in [2.05, 4.69) is 27.4 Å². The van der Waals surface area contributed by atoms with E-state index < -0.39 is 5.60 Å². The highest BCUT2D eigenvalue weighted by Gasteiger charge is 2.16. The summed E-state index contributed by atoms with van der Waals surface area (Å²) in [5.74, 6) is 0.941. The molecule has 7 heteroatoms. The Hall–Kier alpha value is -0.730. The molecule has 1 amide bonds. The zero-order valence-electron chi connectivity index (χ0n) is 13.6. The number of ether oxygens (including phenoxy) is 1. The van der Waals surface area contributed by atoms with E-state index in [-0.39, 0.29) is 30.1 Å². The average molecular weight is 412 g/mol. The Morgan fingerprint density at radius 2 is 1.86 bits per heavy atom. The van der Waals surface area contributed by atoms with E-state index >= 15 is 0 Å². The Morgan fingerprint density at radius 3 is 2.38 bits per heavy atom. The predicted octanol–water partition coefficient (Wildman–Crippen LogP) is 2.19. The number of nitrogens with one attached hydrogen (secondary N) is 2. The van der Waals surface area contributed by atoms with Crippen LogP contribution >= 0.6 is 24.0 Å². The summed E-state index contributed by atoms with van der Waals surface area (Å²) in [6.45, 7) is 11.6. The maximum atomic E-state index is 11.5. The molecule has 0 aromatic heterocycles. The minimum Gasteiger partial charge on any atom is -0.444 e. The number of hydrogen-bond donors (Lipinski definition) is 2. The van der Waals surface area contributed by atoms with Gasteiger partial charge in [-0.2, -0.15) is 0 Å². The van der Waals surface area contributed by atoms with Gasteiger partial charge in [0.25, 0.3) is 0 Å². The van der Waals surface area contributed by atoms with Gasteiger partial charge in [0, 0.05) is 26.2 Å². The van der Waals surface area contributed by atoms with Crippen molar-refractivity contribution in [2.75, 3.05) is 32.7 Å². The number of alkyl carbamates (subject to hydrolysis) is 1. The third-order valence-electron chi connectivity index (χ3n) is 2.78. The van der Waals surface area contributed by atoms with Gasteiger partial charge >= 0.3 is 6.09 Å². The Balaban J connectivity index is 0.00000400. The van der Waals surface area contributed by atoms with E-state index in [0.29, 0.717) is 13.1 Å². The number of carbonyl (C=O) groups is 1. The summed E-state index contributed by atoms with van der Waals surface area (Å²) in [6, 6.07) is 0. The highest BCUT2D eigenvalue weighted by atomic mass is 127. The Morgan fingerprint density at radius 1 is 1.24 bits per heavy atom. The molecule has 0 atom stereocenters. The summed E-state index contributed by atoms with van der Waals surface area (Å²) >= 11 is 0. The van der Waals surface area contributed by atoms with Crippen molar-refractivity contribution in [1.29, 1.82) is 0 Å². The number of likely N-dealkylation sites (tertiary alicyclic amines) is 1. The van der Waals surface area contributed by atoms with Crippen LogP contribution in [0.1, 0.15) is 40.5 Å². The standard InChI is InChI=1S/C14H28N4O2.HI/c1-5-15-12(18-10-6-7-11-18)16-8-9-17-13(19)20-14(2,3)4;/h5-11H2,1-4H3,(H,15,16)(H,17,19);1H. The van der Waals surface area contributed by atoms with Crippen LogP contribution in [0.5, 0.6) is 0 Å². The number of amides is 1. The van der Waals surface area contributed by atoms with Crippen LogP contribution in [-0.2, 0) is 4.74 Å². The second-order valence-electron chi connectivity index (χ2n) is 5.86.